The summed E-state index contributed by atoms with van der Waals surface area (Å²) in [4.78, 5) is 45.7. The second kappa shape index (κ2) is 8.77. The smallest absolute Gasteiger partial charge is 0.303 e. The molecule has 0 bridgehead atoms. The van der Waals surface area contributed by atoms with E-state index in [2.05, 4.69) is 0 Å². The maximum absolute atomic E-state index is 11.5. The molecule has 1 aliphatic carbocycles. The second-order valence-electron chi connectivity index (χ2n) is 5.49. The lowest BCUT2D eigenvalue weighted by Gasteiger charge is -2.45. The molecule has 10 heteroatoms. The molecule has 142 valence electrons. The molecule has 1 fully saturated rings. The number of methoxy groups -OCH3 is 1. The number of carbonyl (C=O) groups is 4. The van der Waals surface area contributed by atoms with Crippen molar-refractivity contribution in [2.24, 2.45) is 0 Å². The van der Waals surface area contributed by atoms with Crippen LogP contribution in [-0.4, -0.2) is 72.7 Å². The molecule has 0 aromatic heterocycles. The van der Waals surface area contributed by atoms with Gasteiger partial charge in [0, 0.05) is 34.8 Å². The number of carbonyl (C=O) groups excluding carboxylic acids is 4. The predicted octanol–water partition coefficient (Wildman–Crippen LogP) is -0.897. The van der Waals surface area contributed by atoms with E-state index < -0.39 is 60.5 Å². The normalized spacial score (nSPS) is 31.6. The number of rotatable bonds is 5. The van der Waals surface area contributed by atoms with Crippen LogP contribution < -0.4 is 0 Å². The van der Waals surface area contributed by atoms with Gasteiger partial charge in [-0.3, -0.25) is 19.2 Å². The summed E-state index contributed by atoms with van der Waals surface area (Å²) in [6, 6.07) is 0. The van der Waals surface area contributed by atoms with Crippen molar-refractivity contribution in [1.82, 2.24) is 0 Å². The van der Waals surface area contributed by atoms with Crippen molar-refractivity contribution >= 4 is 23.9 Å². The van der Waals surface area contributed by atoms with Crippen molar-refractivity contribution in [2.45, 2.75) is 64.3 Å². The number of hydrogen-bond donors (Lipinski definition) is 1. The van der Waals surface area contributed by atoms with Gasteiger partial charge >= 0.3 is 23.9 Å². The van der Waals surface area contributed by atoms with E-state index in [0.29, 0.717) is 0 Å². The summed E-state index contributed by atoms with van der Waals surface area (Å²) in [6.45, 7) is 4.40. The van der Waals surface area contributed by atoms with Crippen LogP contribution in [0.2, 0.25) is 0 Å². The van der Waals surface area contributed by atoms with Gasteiger partial charge in [0.25, 0.3) is 0 Å². The second-order valence-corrected chi connectivity index (χ2v) is 5.49. The largest absolute Gasteiger partial charge is 0.456 e. The minimum Gasteiger partial charge on any atom is -0.456 e. The summed E-state index contributed by atoms with van der Waals surface area (Å²) in [6.07, 6.45) is -8.10. The Morgan fingerprint density at radius 2 is 0.880 bits per heavy atom. The number of aliphatic hydroxyl groups excluding tert-OH is 1. The highest BCUT2D eigenvalue weighted by Crippen LogP contribution is 2.32. The zero-order chi connectivity index (χ0) is 19.3. The summed E-state index contributed by atoms with van der Waals surface area (Å²) in [5.41, 5.74) is 0. The molecule has 6 unspecified atom stereocenters. The monoisotopic (exact) mass is 362 g/mol. The van der Waals surface area contributed by atoms with E-state index in [1.165, 1.54) is 7.11 Å². The fourth-order valence-corrected chi connectivity index (χ4v) is 2.72. The summed E-state index contributed by atoms with van der Waals surface area (Å²) >= 11 is 0. The third-order valence-electron chi connectivity index (χ3n) is 3.45. The van der Waals surface area contributed by atoms with Gasteiger partial charge in [0.2, 0.25) is 0 Å². The predicted molar refractivity (Wildman–Crippen MR) is 79.0 cm³/mol. The molecule has 1 aliphatic rings. The Kier molecular flexibility index (Phi) is 7.31. The fraction of sp³-hybridized carbons (Fsp3) is 0.733. The first-order chi connectivity index (χ1) is 11.6. The van der Waals surface area contributed by atoms with Crippen molar-refractivity contribution in [3.8, 4) is 0 Å². The number of aliphatic hydroxyl groups is 1. The van der Waals surface area contributed by atoms with Crippen LogP contribution in [0.15, 0.2) is 0 Å². The summed E-state index contributed by atoms with van der Waals surface area (Å²) in [5.74, 6) is -3.02. The van der Waals surface area contributed by atoms with Crippen LogP contribution in [0.4, 0.5) is 0 Å². The lowest BCUT2D eigenvalue weighted by atomic mass is 9.84. The molecule has 1 saturated carbocycles. The fourth-order valence-electron chi connectivity index (χ4n) is 2.72. The van der Waals surface area contributed by atoms with Gasteiger partial charge in [-0.2, -0.15) is 0 Å². The van der Waals surface area contributed by atoms with Crippen LogP contribution in [0.1, 0.15) is 27.7 Å². The van der Waals surface area contributed by atoms with Crippen molar-refractivity contribution < 1.29 is 48.0 Å². The minimum absolute atomic E-state index is 0.732. The van der Waals surface area contributed by atoms with Gasteiger partial charge in [0.05, 0.1) is 0 Å². The Balaban J connectivity index is 3.36. The average Bonchev–Trinajstić information content (AvgIpc) is 2.45. The highest BCUT2D eigenvalue weighted by atomic mass is 16.6. The van der Waals surface area contributed by atoms with Crippen LogP contribution in [0.5, 0.6) is 0 Å². The summed E-state index contributed by atoms with van der Waals surface area (Å²) in [5, 5.41) is 10.5. The van der Waals surface area contributed by atoms with Gasteiger partial charge in [-0.15, -0.1) is 0 Å². The standard InChI is InChI=1S/C15H22O10/c1-6(16)22-12-10(20)11(21-5)13(23-7(2)17)15(25-9(4)19)14(12)24-8(3)18/h10-15,20H,1-5H3. The Hall–Kier alpha value is -2.20. The molecule has 25 heavy (non-hydrogen) atoms. The first kappa shape index (κ1) is 20.8. The molecular formula is C15H22O10. The van der Waals surface area contributed by atoms with E-state index in [0.717, 1.165) is 27.7 Å². The molecule has 0 saturated heterocycles. The zero-order valence-electron chi connectivity index (χ0n) is 14.6. The van der Waals surface area contributed by atoms with Crippen molar-refractivity contribution in [3.63, 3.8) is 0 Å². The Labute approximate surface area is 144 Å². The number of ether oxygens (including phenoxy) is 5. The highest BCUT2D eigenvalue weighted by molar-refractivity contribution is 5.69. The van der Waals surface area contributed by atoms with Crippen LogP contribution in [0.3, 0.4) is 0 Å². The van der Waals surface area contributed by atoms with Crippen LogP contribution in [0.25, 0.3) is 0 Å². The van der Waals surface area contributed by atoms with Crippen molar-refractivity contribution in [3.05, 3.63) is 0 Å². The van der Waals surface area contributed by atoms with Crippen LogP contribution in [0, 0.1) is 0 Å². The first-order valence-electron chi connectivity index (χ1n) is 7.48. The van der Waals surface area contributed by atoms with Gasteiger partial charge in [0.15, 0.2) is 24.4 Å². The summed E-state index contributed by atoms with van der Waals surface area (Å²) < 4.78 is 25.5. The van der Waals surface area contributed by atoms with Gasteiger partial charge in [-0.1, -0.05) is 0 Å². The maximum Gasteiger partial charge on any atom is 0.303 e. The van der Waals surface area contributed by atoms with E-state index in [4.69, 9.17) is 23.7 Å². The van der Waals surface area contributed by atoms with E-state index >= 15 is 0 Å². The lowest BCUT2D eigenvalue weighted by Crippen LogP contribution is -2.67. The molecule has 6 atom stereocenters. The SMILES string of the molecule is COC1C(O)C(OC(C)=O)C(OC(C)=O)C(OC(C)=O)C1OC(C)=O. The molecule has 0 aromatic rings. The van der Waals surface area contributed by atoms with Crippen molar-refractivity contribution in [1.29, 1.82) is 0 Å². The Morgan fingerprint density at radius 1 is 0.600 bits per heavy atom. The molecule has 0 aromatic carbocycles. The molecule has 0 heterocycles. The number of hydrogen-bond acceptors (Lipinski definition) is 10. The van der Waals surface area contributed by atoms with Crippen molar-refractivity contribution in [2.75, 3.05) is 7.11 Å². The first-order valence-corrected chi connectivity index (χ1v) is 7.48. The Morgan fingerprint density at radius 3 is 1.20 bits per heavy atom. The average molecular weight is 362 g/mol. The molecule has 1 rings (SSSR count). The van der Waals surface area contributed by atoms with E-state index in [9.17, 15) is 24.3 Å². The highest BCUT2D eigenvalue weighted by Gasteiger charge is 2.57. The van der Waals surface area contributed by atoms with Gasteiger partial charge in [-0.25, -0.2) is 0 Å². The minimum atomic E-state index is -1.51. The molecule has 0 spiro atoms. The topological polar surface area (TPSA) is 135 Å². The third kappa shape index (κ3) is 5.40. The molecule has 1 N–H and O–H groups in total. The van der Waals surface area contributed by atoms with Gasteiger partial charge < -0.3 is 28.8 Å². The number of esters is 4. The van der Waals surface area contributed by atoms with Crippen LogP contribution in [-0.2, 0) is 42.9 Å². The molecule has 0 aliphatic heterocycles. The summed E-state index contributed by atoms with van der Waals surface area (Å²) in [7, 11) is 1.23. The Bertz CT molecular complexity index is 530. The van der Waals surface area contributed by atoms with Crippen LogP contribution >= 0.6 is 0 Å². The van der Waals surface area contributed by atoms with Gasteiger partial charge in [-0.05, 0) is 0 Å². The van der Waals surface area contributed by atoms with E-state index in [1.54, 1.807) is 0 Å². The van der Waals surface area contributed by atoms with E-state index in [-0.39, 0.29) is 0 Å². The van der Waals surface area contributed by atoms with E-state index in [1.807, 2.05) is 0 Å². The third-order valence-corrected chi connectivity index (χ3v) is 3.45. The van der Waals surface area contributed by atoms with Gasteiger partial charge in [0.1, 0.15) is 12.2 Å². The zero-order valence-corrected chi connectivity index (χ0v) is 14.6. The maximum atomic E-state index is 11.5. The quantitative estimate of drug-likeness (QED) is 0.484. The molecule has 0 amide bonds. The molecule has 0 radical (unpaired) electrons. The molecular weight excluding hydrogens is 340 g/mol. The molecule has 10 nitrogen and oxygen atoms in total. The lowest BCUT2D eigenvalue weighted by molar-refractivity contribution is -0.255.